The van der Waals surface area contributed by atoms with Crippen LogP contribution in [0.1, 0.15) is 36.7 Å². The summed E-state index contributed by atoms with van der Waals surface area (Å²) in [6.45, 7) is 6.64. The van der Waals surface area contributed by atoms with Crippen molar-refractivity contribution in [1.29, 1.82) is 0 Å². The Balaban J connectivity index is 1.79. The van der Waals surface area contributed by atoms with Gasteiger partial charge in [-0.25, -0.2) is 0 Å². The summed E-state index contributed by atoms with van der Waals surface area (Å²) in [5.41, 5.74) is 2.52. The molecular formula is C21H24N2O2S. The van der Waals surface area contributed by atoms with Gasteiger partial charge in [0.05, 0.1) is 18.0 Å². The molecule has 1 N–H and O–H groups in total. The predicted octanol–water partition coefficient (Wildman–Crippen LogP) is 4.10. The Kier molecular flexibility index (Phi) is 5.67. The molecule has 0 fully saturated rings. The van der Waals surface area contributed by atoms with Crippen LogP contribution in [0.15, 0.2) is 53.4 Å². The highest BCUT2D eigenvalue weighted by Gasteiger charge is 2.24. The van der Waals surface area contributed by atoms with Crippen molar-refractivity contribution in [2.75, 3.05) is 10.7 Å². The number of nitrogens with one attached hydrogen (secondary N) is 1. The van der Waals surface area contributed by atoms with E-state index in [1.165, 1.54) is 0 Å². The number of carbonyl (C=O) groups is 2. The maximum Gasteiger partial charge on any atom is 0.251 e. The molecule has 1 heterocycles. The van der Waals surface area contributed by atoms with E-state index in [1.807, 2.05) is 55.5 Å². The van der Waals surface area contributed by atoms with Crippen LogP contribution in [0.3, 0.4) is 0 Å². The van der Waals surface area contributed by atoms with Gasteiger partial charge in [-0.1, -0.05) is 38.1 Å². The minimum atomic E-state index is -0.0750. The van der Waals surface area contributed by atoms with Crippen LogP contribution in [-0.4, -0.2) is 23.6 Å². The van der Waals surface area contributed by atoms with Crippen LogP contribution in [-0.2, 0) is 11.3 Å². The van der Waals surface area contributed by atoms with Crippen LogP contribution in [0.5, 0.6) is 0 Å². The van der Waals surface area contributed by atoms with E-state index in [0.717, 1.165) is 16.1 Å². The Labute approximate surface area is 159 Å². The number of para-hydroxylation sites is 1. The molecule has 0 bridgehead atoms. The standard InChI is InChI=1S/C21H24N2O2S/c1-14(2)15(3)22-21(25)17-8-6-7-16(11-17)12-23-18-9-4-5-10-19(18)26-13-20(23)24/h4-11,14-15H,12-13H2,1-3H3,(H,22,25)/t15-/m1/s1. The zero-order valence-electron chi connectivity index (χ0n) is 15.4. The quantitative estimate of drug-likeness (QED) is 0.864. The lowest BCUT2D eigenvalue weighted by molar-refractivity contribution is -0.116. The molecule has 2 aromatic carbocycles. The van der Waals surface area contributed by atoms with Crippen molar-refractivity contribution in [3.63, 3.8) is 0 Å². The molecule has 1 aliphatic heterocycles. The van der Waals surface area contributed by atoms with Gasteiger partial charge in [0.15, 0.2) is 0 Å². The number of hydrogen-bond acceptors (Lipinski definition) is 3. The number of anilines is 1. The third kappa shape index (κ3) is 4.10. The molecule has 0 aromatic heterocycles. The summed E-state index contributed by atoms with van der Waals surface area (Å²) in [7, 11) is 0. The first-order valence-electron chi connectivity index (χ1n) is 8.87. The van der Waals surface area contributed by atoms with E-state index < -0.39 is 0 Å². The van der Waals surface area contributed by atoms with Crippen LogP contribution in [0, 0.1) is 5.92 Å². The van der Waals surface area contributed by atoms with Gasteiger partial charge in [-0.2, -0.15) is 0 Å². The lowest BCUT2D eigenvalue weighted by Crippen LogP contribution is -2.36. The van der Waals surface area contributed by atoms with Gasteiger partial charge in [0.2, 0.25) is 5.91 Å². The van der Waals surface area contributed by atoms with Gasteiger partial charge in [0.1, 0.15) is 0 Å². The van der Waals surface area contributed by atoms with E-state index in [0.29, 0.717) is 23.8 Å². The maximum absolute atomic E-state index is 12.5. The molecule has 0 saturated heterocycles. The van der Waals surface area contributed by atoms with Crippen molar-refractivity contribution in [3.8, 4) is 0 Å². The number of fused-ring (bicyclic) bond motifs is 1. The van der Waals surface area contributed by atoms with Crippen molar-refractivity contribution >= 4 is 29.3 Å². The molecule has 4 nitrogen and oxygen atoms in total. The zero-order valence-corrected chi connectivity index (χ0v) is 16.2. The minimum Gasteiger partial charge on any atom is -0.349 e. The van der Waals surface area contributed by atoms with Gasteiger partial charge < -0.3 is 10.2 Å². The highest BCUT2D eigenvalue weighted by atomic mass is 32.2. The molecule has 3 rings (SSSR count). The second kappa shape index (κ2) is 7.96. The second-order valence-electron chi connectivity index (χ2n) is 6.94. The van der Waals surface area contributed by atoms with E-state index in [9.17, 15) is 9.59 Å². The SMILES string of the molecule is CC(C)[C@@H](C)NC(=O)c1cccc(CN2C(=O)CSc3ccccc32)c1. The fourth-order valence-electron chi connectivity index (χ4n) is 2.78. The molecule has 0 saturated carbocycles. The predicted molar refractivity (Wildman–Crippen MR) is 107 cm³/mol. The first-order valence-corrected chi connectivity index (χ1v) is 9.86. The van der Waals surface area contributed by atoms with Crippen LogP contribution < -0.4 is 10.2 Å². The molecule has 0 aliphatic carbocycles. The Hall–Kier alpha value is -2.27. The van der Waals surface area contributed by atoms with E-state index in [4.69, 9.17) is 0 Å². The molecule has 2 aromatic rings. The number of benzene rings is 2. The van der Waals surface area contributed by atoms with Gasteiger partial charge in [-0.15, -0.1) is 11.8 Å². The zero-order chi connectivity index (χ0) is 18.7. The molecule has 26 heavy (non-hydrogen) atoms. The Morgan fingerprint density at radius 1 is 1.15 bits per heavy atom. The van der Waals surface area contributed by atoms with Gasteiger partial charge in [0, 0.05) is 16.5 Å². The van der Waals surface area contributed by atoms with Crippen LogP contribution in [0.4, 0.5) is 5.69 Å². The number of thioether (sulfide) groups is 1. The van der Waals surface area contributed by atoms with Gasteiger partial charge in [-0.3, -0.25) is 9.59 Å². The average Bonchev–Trinajstić information content (AvgIpc) is 2.64. The lowest BCUT2D eigenvalue weighted by Gasteiger charge is -2.29. The molecular weight excluding hydrogens is 344 g/mol. The van der Waals surface area contributed by atoms with Crippen molar-refractivity contribution in [1.82, 2.24) is 5.32 Å². The molecule has 0 radical (unpaired) electrons. The normalized spacial score (nSPS) is 14.9. The monoisotopic (exact) mass is 368 g/mol. The smallest absolute Gasteiger partial charge is 0.251 e. The number of carbonyl (C=O) groups excluding carboxylic acids is 2. The van der Waals surface area contributed by atoms with Gasteiger partial charge in [0.25, 0.3) is 5.91 Å². The highest BCUT2D eigenvalue weighted by molar-refractivity contribution is 8.00. The lowest BCUT2D eigenvalue weighted by atomic mass is 10.0. The maximum atomic E-state index is 12.5. The number of amides is 2. The highest BCUT2D eigenvalue weighted by Crippen LogP contribution is 2.35. The molecule has 0 unspecified atom stereocenters. The van der Waals surface area contributed by atoms with Crippen LogP contribution in [0.25, 0.3) is 0 Å². The third-order valence-electron chi connectivity index (χ3n) is 4.70. The Bertz CT molecular complexity index is 819. The molecule has 2 amide bonds. The number of nitrogens with zero attached hydrogens (tertiary/aromatic N) is 1. The molecule has 1 atom stereocenters. The van der Waals surface area contributed by atoms with Crippen molar-refractivity contribution in [3.05, 3.63) is 59.7 Å². The fourth-order valence-corrected chi connectivity index (χ4v) is 3.71. The van der Waals surface area contributed by atoms with Gasteiger partial charge in [-0.05, 0) is 42.7 Å². The van der Waals surface area contributed by atoms with Gasteiger partial charge >= 0.3 is 0 Å². The number of rotatable bonds is 5. The summed E-state index contributed by atoms with van der Waals surface area (Å²) in [6.07, 6.45) is 0. The summed E-state index contributed by atoms with van der Waals surface area (Å²) >= 11 is 1.57. The molecule has 5 heteroatoms. The third-order valence-corrected chi connectivity index (χ3v) is 5.74. The summed E-state index contributed by atoms with van der Waals surface area (Å²) in [4.78, 5) is 27.8. The van der Waals surface area contributed by atoms with Crippen molar-refractivity contribution in [2.24, 2.45) is 5.92 Å². The summed E-state index contributed by atoms with van der Waals surface area (Å²) < 4.78 is 0. The minimum absolute atomic E-state index is 0.0750. The summed E-state index contributed by atoms with van der Waals surface area (Å²) in [5.74, 6) is 0.844. The summed E-state index contributed by atoms with van der Waals surface area (Å²) in [6, 6.07) is 15.6. The topological polar surface area (TPSA) is 49.4 Å². The second-order valence-corrected chi connectivity index (χ2v) is 7.96. The first kappa shape index (κ1) is 18.5. The summed E-state index contributed by atoms with van der Waals surface area (Å²) in [5, 5.41) is 3.03. The average molecular weight is 369 g/mol. The largest absolute Gasteiger partial charge is 0.349 e. The van der Waals surface area contributed by atoms with E-state index >= 15 is 0 Å². The molecule has 136 valence electrons. The molecule has 0 spiro atoms. The Morgan fingerprint density at radius 3 is 2.69 bits per heavy atom. The van der Waals surface area contributed by atoms with Crippen molar-refractivity contribution in [2.45, 2.75) is 38.3 Å². The molecule has 1 aliphatic rings. The van der Waals surface area contributed by atoms with Crippen LogP contribution in [0.2, 0.25) is 0 Å². The van der Waals surface area contributed by atoms with E-state index in [1.54, 1.807) is 16.7 Å². The Morgan fingerprint density at radius 2 is 1.92 bits per heavy atom. The van der Waals surface area contributed by atoms with E-state index in [-0.39, 0.29) is 17.9 Å². The van der Waals surface area contributed by atoms with Crippen LogP contribution >= 0.6 is 11.8 Å². The van der Waals surface area contributed by atoms with E-state index in [2.05, 4.69) is 19.2 Å². The fraction of sp³-hybridized carbons (Fsp3) is 0.333. The van der Waals surface area contributed by atoms with Crippen molar-refractivity contribution < 1.29 is 9.59 Å². The first-order chi connectivity index (χ1) is 12.5. The number of hydrogen-bond donors (Lipinski definition) is 1.